The van der Waals surface area contributed by atoms with Crippen molar-refractivity contribution >= 4 is 17.5 Å². The minimum Gasteiger partial charge on any atom is -0.378 e. The molecule has 2 atom stereocenters. The summed E-state index contributed by atoms with van der Waals surface area (Å²) in [6.07, 6.45) is 2.96. The number of nitrogens with zero attached hydrogens (tertiary/aromatic N) is 2. The zero-order valence-corrected chi connectivity index (χ0v) is 13.4. The lowest BCUT2D eigenvalue weighted by Gasteiger charge is -2.38. The second-order valence-corrected chi connectivity index (χ2v) is 6.26. The Balaban J connectivity index is 1.52. The molecule has 0 aromatic carbocycles. The standard InChI is InChI=1S/C16H23N3O4/c1-11-9-15(18-23-11)17-16(21)5-6-19-7-8-22-10-13(19)12-3-2-4-14(12)20/h9,12-13H,2-8,10H2,1H3,(H,17,18,21)/t12-,13+/m0/s1. The van der Waals surface area contributed by atoms with Gasteiger partial charge in [0.15, 0.2) is 5.82 Å². The Morgan fingerprint density at radius 1 is 1.52 bits per heavy atom. The van der Waals surface area contributed by atoms with E-state index in [2.05, 4.69) is 15.4 Å². The van der Waals surface area contributed by atoms with Gasteiger partial charge in [-0.3, -0.25) is 14.5 Å². The molecule has 1 aliphatic heterocycles. The van der Waals surface area contributed by atoms with Gasteiger partial charge in [0.2, 0.25) is 5.91 Å². The predicted molar refractivity (Wildman–Crippen MR) is 83.0 cm³/mol. The summed E-state index contributed by atoms with van der Waals surface area (Å²) >= 11 is 0. The number of morpholine rings is 1. The van der Waals surface area contributed by atoms with Crippen molar-refractivity contribution in [2.24, 2.45) is 5.92 Å². The van der Waals surface area contributed by atoms with Crippen LogP contribution in [-0.2, 0) is 14.3 Å². The predicted octanol–water partition coefficient (Wildman–Crippen LogP) is 1.38. The minimum absolute atomic E-state index is 0.0663. The maximum absolute atomic E-state index is 12.0. The number of amides is 1. The number of ether oxygens (including phenoxy) is 1. The van der Waals surface area contributed by atoms with Crippen molar-refractivity contribution in [3.63, 3.8) is 0 Å². The van der Waals surface area contributed by atoms with Gasteiger partial charge in [-0.1, -0.05) is 5.16 Å². The van der Waals surface area contributed by atoms with Gasteiger partial charge in [-0.2, -0.15) is 0 Å². The first-order valence-electron chi connectivity index (χ1n) is 8.21. The second-order valence-electron chi connectivity index (χ2n) is 6.26. The lowest BCUT2D eigenvalue weighted by atomic mass is 9.95. The Hall–Kier alpha value is -1.73. The van der Waals surface area contributed by atoms with Crippen LogP contribution in [0.2, 0.25) is 0 Å². The zero-order valence-electron chi connectivity index (χ0n) is 13.4. The monoisotopic (exact) mass is 321 g/mol. The summed E-state index contributed by atoms with van der Waals surface area (Å²) < 4.78 is 10.5. The van der Waals surface area contributed by atoms with Crippen LogP contribution >= 0.6 is 0 Å². The summed E-state index contributed by atoms with van der Waals surface area (Å²) in [5.41, 5.74) is 0. The number of nitrogens with one attached hydrogen (secondary N) is 1. The highest BCUT2D eigenvalue weighted by atomic mass is 16.5. The molecule has 0 spiro atoms. The number of Topliss-reactive ketones (excluding diaryl/α,β-unsaturated/α-hetero) is 1. The largest absolute Gasteiger partial charge is 0.378 e. The van der Waals surface area contributed by atoms with Crippen LogP contribution in [0.3, 0.4) is 0 Å². The lowest BCUT2D eigenvalue weighted by molar-refractivity contribution is -0.125. The molecule has 7 heteroatoms. The number of ketones is 1. The number of carbonyl (C=O) groups is 2. The van der Waals surface area contributed by atoms with Crippen molar-refractivity contribution in [2.45, 2.75) is 38.6 Å². The quantitative estimate of drug-likeness (QED) is 0.882. The van der Waals surface area contributed by atoms with Gasteiger partial charge in [-0.25, -0.2) is 0 Å². The summed E-state index contributed by atoms with van der Waals surface area (Å²) in [6.45, 7) is 4.41. The van der Waals surface area contributed by atoms with Gasteiger partial charge in [0, 0.05) is 44.0 Å². The van der Waals surface area contributed by atoms with E-state index < -0.39 is 0 Å². The van der Waals surface area contributed by atoms with E-state index in [4.69, 9.17) is 9.26 Å². The van der Waals surface area contributed by atoms with Crippen molar-refractivity contribution in [3.8, 4) is 0 Å². The molecule has 1 aromatic heterocycles. The fourth-order valence-electron chi connectivity index (χ4n) is 3.43. The minimum atomic E-state index is -0.0960. The molecule has 0 radical (unpaired) electrons. The summed E-state index contributed by atoms with van der Waals surface area (Å²) in [5.74, 6) is 1.41. The van der Waals surface area contributed by atoms with Crippen LogP contribution in [0.25, 0.3) is 0 Å². The Bertz CT molecular complexity index is 571. The molecule has 126 valence electrons. The molecule has 2 heterocycles. The number of aromatic nitrogens is 1. The summed E-state index contributed by atoms with van der Waals surface area (Å²) in [5, 5.41) is 6.48. The van der Waals surface area contributed by atoms with Crippen LogP contribution in [-0.4, -0.2) is 54.1 Å². The van der Waals surface area contributed by atoms with Crippen LogP contribution < -0.4 is 5.32 Å². The van der Waals surface area contributed by atoms with Crippen LogP contribution in [0.1, 0.15) is 31.4 Å². The number of hydrogen-bond acceptors (Lipinski definition) is 6. The van der Waals surface area contributed by atoms with Crippen LogP contribution in [0.5, 0.6) is 0 Å². The molecule has 3 rings (SSSR count). The molecule has 1 aliphatic carbocycles. The number of rotatable bonds is 5. The number of anilines is 1. The van der Waals surface area contributed by atoms with E-state index >= 15 is 0 Å². The molecule has 2 fully saturated rings. The molecule has 1 amide bonds. The molecular weight excluding hydrogens is 298 g/mol. The number of aryl methyl sites for hydroxylation is 1. The molecule has 1 saturated heterocycles. The average Bonchev–Trinajstić information content (AvgIpc) is 3.14. The third kappa shape index (κ3) is 3.97. The summed E-state index contributed by atoms with van der Waals surface area (Å²) in [6, 6.07) is 1.80. The molecule has 1 saturated carbocycles. The first-order valence-corrected chi connectivity index (χ1v) is 8.21. The molecule has 0 bridgehead atoms. The summed E-state index contributed by atoms with van der Waals surface area (Å²) in [4.78, 5) is 26.3. The third-order valence-corrected chi connectivity index (χ3v) is 4.62. The maximum Gasteiger partial charge on any atom is 0.226 e. The summed E-state index contributed by atoms with van der Waals surface area (Å²) in [7, 11) is 0. The highest BCUT2D eigenvalue weighted by Crippen LogP contribution is 2.29. The van der Waals surface area contributed by atoms with Gasteiger partial charge in [0.1, 0.15) is 11.5 Å². The van der Waals surface area contributed by atoms with Crippen LogP contribution in [0, 0.1) is 12.8 Å². The van der Waals surface area contributed by atoms with Gasteiger partial charge in [-0.05, 0) is 19.8 Å². The fraction of sp³-hybridized carbons (Fsp3) is 0.688. The highest BCUT2D eigenvalue weighted by Gasteiger charge is 2.37. The van der Waals surface area contributed by atoms with Crippen LogP contribution in [0.4, 0.5) is 5.82 Å². The first kappa shape index (κ1) is 16.1. The van der Waals surface area contributed by atoms with E-state index in [0.717, 1.165) is 19.4 Å². The van der Waals surface area contributed by atoms with E-state index in [9.17, 15) is 9.59 Å². The maximum atomic E-state index is 12.0. The highest BCUT2D eigenvalue weighted by molar-refractivity contribution is 5.89. The van der Waals surface area contributed by atoms with E-state index in [1.165, 1.54) is 0 Å². The van der Waals surface area contributed by atoms with Gasteiger partial charge in [0.25, 0.3) is 0 Å². The van der Waals surface area contributed by atoms with E-state index in [-0.39, 0.29) is 17.9 Å². The van der Waals surface area contributed by atoms with Gasteiger partial charge >= 0.3 is 0 Å². The number of hydrogen-bond donors (Lipinski definition) is 1. The van der Waals surface area contributed by atoms with E-state index in [1.807, 2.05) is 0 Å². The fourth-order valence-corrected chi connectivity index (χ4v) is 3.43. The van der Waals surface area contributed by atoms with Crippen molar-refractivity contribution in [1.82, 2.24) is 10.1 Å². The molecule has 1 aromatic rings. The van der Waals surface area contributed by atoms with Gasteiger partial charge in [0.05, 0.1) is 13.2 Å². The smallest absolute Gasteiger partial charge is 0.226 e. The van der Waals surface area contributed by atoms with E-state index in [0.29, 0.717) is 50.0 Å². The van der Waals surface area contributed by atoms with Gasteiger partial charge < -0.3 is 14.6 Å². The molecule has 1 N–H and O–H groups in total. The molecule has 0 unspecified atom stereocenters. The molecular formula is C16H23N3O4. The lowest BCUT2D eigenvalue weighted by Crippen LogP contribution is -2.51. The van der Waals surface area contributed by atoms with E-state index in [1.54, 1.807) is 13.0 Å². The average molecular weight is 321 g/mol. The zero-order chi connectivity index (χ0) is 16.2. The van der Waals surface area contributed by atoms with Crippen molar-refractivity contribution in [2.75, 3.05) is 31.6 Å². The second kappa shape index (κ2) is 7.23. The van der Waals surface area contributed by atoms with Crippen LogP contribution in [0.15, 0.2) is 10.6 Å². The Morgan fingerprint density at radius 2 is 2.39 bits per heavy atom. The van der Waals surface area contributed by atoms with Crippen molar-refractivity contribution in [3.05, 3.63) is 11.8 Å². The van der Waals surface area contributed by atoms with Crippen molar-refractivity contribution in [1.29, 1.82) is 0 Å². The molecule has 2 aliphatic rings. The van der Waals surface area contributed by atoms with Gasteiger partial charge in [-0.15, -0.1) is 0 Å². The normalized spacial score (nSPS) is 25.7. The first-order chi connectivity index (χ1) is 11.1. The Kier molecular flexibility index (Phi) is 5.07. The molecule has 7 nitrogen and oxygen atoms in total. The molecule has 23 heavy (non-hydrogen) atoms. The Labute approximate surface area is 135 Å². The Morgan fingerprint density at radius 3 is 3.09 bits per heavy atom. The van der Waals surface area contributed by atoms with Crippen molar-refractivity contribution < 1.29 is 18.8 Å². The topological polar surface area (TPSA) is 84.7 Å². The third-order valence-electron chi connectivity index (χ3n) is 4.62. The SMILES string of the molecule is Cc1cc(NC(=O)CCN2CCOC[C@@H]2[C@@H]2CCCC2=O)no1. The number of carbonyl (C=O) groups excluding carboxylic acids is 2.